The summed E-state index contributed by atoms with van der Waals surface area (Å²) in [6.07, 6.45) is 0. The van der Waals surface area contributed by atoms with Crippen LogP contribution in [-0.4, -0.2) is 8.07 Å². The first-order valence-corrected chi connectivity index (χ1v) is 22.4. The predicted octanol–water partition coefficient (Wildman–Crippen LogP) is 12.2. The zero-order valence-corrected chi connectivity index (χ0v) is 33.0. The summed E-state index contributed by atoms with van der Waals surface area (Å²) in [5.41, 5.74) is 11.0. The fourth-order valence-corrected chi connectivity index (χ4v) is 15.8. The lowest BCUT2D eigenvalue weighted by Crippen LogP contribution is -2.72. The van der Waals surface area contributed by atoms with Crippen molar-refractivity contribution in [2.45, 2.75) is 0 Å². The van der Waals surface area contributed by atoms with E-state index in [1.165, 1.54) is 74.3 Å². The third-order valence-electron chi connectivity index (χ3n) is 11.8. The Morgan fingerprint density at radius 3 is 1.63 bits per heavy atom. The number of anilines is 3. The molecule has 0 unspecified atom stereocenters. The van der Waals surface area contributed by atoms with Crippen LogP contribution in [0.5, 0.6) is 0 Å². The normalized spacial score (nSPS) is 12.7. The summed E-state index contributed by atoms with van der Waals surface area (Å²) >= 11 is 1.94. The van der Waals surface area contributed by atoms with Gasteiger partial charge in [0.05, 0.1) is 5.69 Å². The summed E-state index contributed by atoms with van der Waals surface area (Å²) in [6.45, 7) is 0. The topological polar surface area (TPSA) is 3.24 Å². The molecule has 0 spiro atoms. The molecule has 11 rings (SSSR count). The second kappa shape index (κ2) is 13.8. The van der Waals surface area contributed by atoms with Gasteiger partial charge in [-0.2, -0.15) is 0 Å². The first kappa shape index (κ1) is 33.5. The fraction of sp³-hybridized carbons (Fsp3) is 0. The first-order chi connectivity index (χ1) is 28.3. The number of nitrogens with zero attached hydrogens (tertiary/aromatic N) is 1. The molecule has 1 aliphatic heterocycles. The minimum atomic E-state index is -2.82. The van der Waals surface area contributed by atoms with Crippen molar-refractivity contribution in [3.05, 3.63) is 224 Å². The monoisotopic (exact) mass is 759 g/mol. The average Bonchev–Trinajstić information content (AvgIpc) is 3.82. The van der Waals surface area contributed by atoms with Crippen molar-refractivity contribution < 1.29 is 0 Å². The van der Waals surface area contributed by atoms with Crippen LogP contribution in [-0.2, 0) is 0 Å². The van der Waals surface area contributed by atoms with Gasteiger partial charge in [0, 0.05) is 37.1 Å². The molecule has 0 amide bonds. The van der Waals surface area contributed by atoms with Crippen LogP contribution in [0.4, 0.5) is 17.1 Å². The Morgan fingerprint density at radius 2 is 0.930 bits per heavy atom. The molecule has 10 aromatic rings. The summed E-state index contributed by atoms with van der Waals surface area (Å²) in [5, 5.41) is 8.37. The van der Waals surface area contributed by atoms with Gasteiger partial charge < -0.3 is 4.90 Å². The van der Waals surface area contributed by atoms with E-state index < -0.39 is 8.07 Å². The summed E-state index contributed by atoms with van der Waals surface area (Å²) in [5.74, 6) is 0. The molecule has 0 saturated heterocycles. The van der Waals surface area contributed by atoms with Gasteiger partial charge in [0.15, 0.2) is 8.07 Å². The fourth-order valence-electron chi connectivity index (χ4n) is 9.27. The maximum absolute atomic E-state index is 2.82. The Bertz CT molecular complexity index is 3010. The Hall–Kier alpha value is -6.78. The van der Waals surface area contributed by atoms with Gasteiger partial charge in [-0.05, 0) is 85.0 Å². The molecular formula is C54H37NSSi. The van der Waals surface area contributed by atoms with E-state index in [2.05, 4.69) is 229 Å². The van der Waals surface area contributed by atoms with Crippen LogP contribution in [0.1, 0.15) is 0 Å². The summed E-state index contributed by atoms with van der Waals surface area (Å²) in [6, 6.07) is 83.2. The van der Waals surface area contributed by atoms with Crippen LogP contribution in [0, 0.1) is 0 Å². The number of benzene rings is 9. The van der Waals surface area contributed by atoms with Crippen LogP contribution in [0.25, 0.3) is 53.6 Å². The summed E-state index contributed by atoms with van der Waals surface area (Å²) < 4.78 is 2.71. The van der Waals surface area contributed by atoms with Gasteiger partial charge in [0.1, 0.15) is 0 Å². The lowest BCUT2D eigenvalue weighted by Gasteiger charge is -2.33. The Labute approximate surface area is 338 Å². The summed E-state index contributed by atoms with van der Waals surface area (Å²) in [7, 11) is -2.82. The van der Waals surface area contributed by atoms with Crippen molar-refractivity contribution in [1.29, 1.82) is 0 Å². The molecule has 57 heavy (non-hydrogen) atoms. The molecule has 0 atom stereocenters. The largest absolute Gasteiger partial charge is 0.310 e. The molecule has 0 N–H and O–H groups in total. The standard InChI is InChI=1S/C54H37NSSi/c1-5-17-38(18-6-1)39-29-31-41(32-30-39)55(49-27-15-13-25-45(49)40-19-7-2-8-20-40)42-33-34-48-52(37-42)57(43-21-9-3-10-22-43,44-23-11-4-12-24-44)51-36-35-47-46-26-14-16-28-50(46)56-54(47)53(48)51/h1-37H. The van der Waals surface area contributed by atoms with E-state index >= 15 is 0 Å². The number of hydrogen-bond donors (Lipinski definition) is 0. The van der Waals surface area contributed by atoms with Crippen molar-refractivity contribution in [2.24, 2.45) is 0 Å². The Morgan fingerprint density at radius 1 is 0.368 bits per heavy atom. The zero-order valence-electron chi connectivity index (χ0n) is 31.2. The second-order valence-corrected chi connectivity index (χ2v) is 19.6. The van der Waals surface area contributed by atoms with Crippen LogP contribution in [0.2, 0.25) is 0 Å². The molecule has 0 saturated carbocycles. The van der Waals surface area contributed by atoms with E-state index in [9.17, 15) is 0 Å². The van der Waals surface area contributed by atoms with Gasteiger partial charge >= 0.3 is 0 Å². The SMILES string of the molecule is c1ccc(-c2ccc(N(c3ccc4c(c3)[Si](c3ccccc3)(c3ccccc3)c3ccc5c(sc6ccccc65)c3-4)c3ccccc3-c3ccccc3)cc2)cc1. The second-order valence-electron chi connectivity index (χ2n) is 14.8. The average molecular weight is 760 g/mol. The van der Waals surface area contributed by atoms with E-state index in [0.717, 1.165) is 17.1 Å². The molecule has 1 nitrogen and oxygen atoms in total. The van der Waals surface area contributed by atoms with E-state index in [0.29, 0.717) is 0 Å². The highest BCUT2D eigenvalue weighted by atomic mass is 32.1. The quantitative estimate of drug-likeness (QED) is 0.146. The molecule has 9 aromatic carbocycles. The lowest BCUT2D eigenvalue weighted by molar-refractivity contribution is 1.29. The van der Waals surface area contributed by atoms with Crippen LogP contribution in [0.3, 0.4) is 0 Å². The molecule has 0 radical (unpaired) electrons. The highest BCUT2D eigenvalue weighted by molar-refractivity contribution is 7.28. The third-order valence-corrected chi connectivity index (χ3v) is 17.8. The van der Waals surface area contributed by atoms with E-state index in [-0.39, 0.29) is 0 Å². The molecule has 1 aliphatic rings. The third kappa shape index (κ3) is 5.35. The van der Waals surface area contributed by atoms with Crippen molar-refractivity contribution in [1.82, 2.24) is 0 Å². The van der Waals surface area contributed by atoms with Crippen LogP contribution >= 0.6 is 11.3 Å². The van der Waals surface area contributed by atoms with E-state index in [1.807, 2.05) is 11.3 Å². The zero-order chi connectivity index (χ0) is 37.8. The van der Waals surface area contributed by atoms with E-state index in [4.69, 9.17) is 0 Å². The Kier molecular flexibility index (Phi) is 8.09. The lowest BCUT2D eigenvalue weighted by atomic mass is 10.00. The maximum atomic E-state index is 2.55. The first-order valence-electron chi connectivity index (χ1n) is 19.6. The van der Waals surface area contributed by atoms with Crippen molar-refractivity contribution in [2.75, 3.05) is 4.90 Å². The number of para-hydroxylation sites is 1. The van der Waals surface area contributed by atoms with Gasteiger partial charge in [-0.15, -0.1) is 11.3 Å². The molecule has 3 heteroatoms. The molecule has 0 bridgehead atoms. The number of thiophene rings is 1. The molecule has 0 fully saturated rings. The van der Waals surface area contributed by atoms with Crippen molar-refractivity contribution in [3.8, 4) is 33.4 Å². The molecule has 1 aromatic heterocycles. The van der Waals surface area contributed by atoms with Crippen LogP contribution in [0.15, 0.2) is 224 Å². The Balaban J connectivity index is 1.21. The highest BCUT2D eigenvalue weighted by Crippen LogP contribution is 2.45. The predicted molar refractivity (Wildman–Crippen MR) is 247 cm³/mol. The highest BCUT2D eigenvalue weighted by Gasteiger charge is 2.49. The maximum Gasteiger partial charge on any atom is 0.181 e. The minimum absolute atomic E-state index is 1.12. The summed E-state index contributed by atoms with van der Waals surface area (Å²) in [4.78, 5) is 2.48. The van der Waals surface area contributed by atoms with Gasteiger partial charge in [-0.25, -0.2) is 0 Å². The van der Waals surface area contributed by atoms with Crippen molar-refractivity contribution >= 4 is 77.4 Å². The van der Waals surface area contributed by atoms with Crippen molar-refractivity contribution in [3.63, 3.8) is 0 Å². The number of fused-ring (bicyclic) bond motifs is 7. The van der Waals surface area contributed by atoms with E-state index in [1.54, 1.807) is 0 Å². The molecule has 268 valence electrons. The van der Waals surface area contributed by atoms with Crippen LogP contribution < -0.4 is 25.6 Å². The van der Waals surface area contributed by atoms with Gasteiger partial charge in [0.2, 0.25) is 0 Å². The number of rotatable bonds is 7. The smallest absolute Gasteiger partial charge is 0.181 e. The van der Waals surface area contributed by atoms with Gasteiger partial charge in [-0.3, -0.25) is 0 Å². The molecular weight excluding hydrogens is 723 g/mol. The molecule has 2 heterocycles. The van der Waals surface area contributed by atoms with Gasteiger partial charge in [-0.1, -0.05) is 188 Å². The molecule has 0 aliphatic carbocycles. The van der Waals surface area contributed by atoms with Gasteiger partial charge in [0.25, 0.3) is 0 Å². The number of hydrogen-bond acceptors (Lipinski definition) is 2. The minimum Gasteiger partial charge on any atom is -0.310 e.